The van der Waals surface area contributed by atoms with Gasteiger partial charge >= 0.3 is 11.4 Å². The van der Waals surface area contributed by atoms with E-state index in [9.17, 15) is 19.2 Å². The second-order valence-corrected chi connectivity index (χ2v) is 6.81. The van der Waals surface area contributed by atoms with Gasteiger partial charge in [-0.25, -0.2) is 9.59 Å². The Hall–Kier alpha value is -2.64. The van der Waals surface area contributed by atoms with Gasteiger partial charge in [-0.3, -0.25) is 23.3 Å². The Kier molecular flexibility index (Phi) is 4.36. The molecule has 8 nitrogen and oxygen atoms in total. The summed E-state index contributed by atoms with van der Waals surface area (Å²) in [5, 5.41) is 0. The molecule has 0 aliphatic heterocycles. The van der Waals surface area contributed by atoms with Gasteiger partial charge in [0.05, 0.1) is 0 Å². The minimum atomic E-state index is -0.418. The molecule has 25 heavy (non-hydrogen) atoms. The number of aromatic nitrogens is 4. The lowest BCUT2D eigenvalue weighted by atomic mass is 10.2. The fourth-order valence-corrected chi connectivity index (χ4v) is 2.99. The topological polar surface area (TPSA) is 88.0 Å². The second kappa shape index (κ2) is 6.34. The third-order valence-corrected chi connectivity index (χ3v) is 4.68. The van der Waals surface area contributed by atoms with Gasteiger partial charge in [-0.2, -0.15) is 0 Å². The van der Waals surface area contributed by atoms with Crippen molar-refractivity contribution in [3.05, 3.63) is 65.2 Å². The molecule has 0 unspecified atom stereocenters. The van der Waals surface area contributed by atoms with Crippen LogP contribution >= 0.6 is 0 Å². The Labute approximate surface area is 143 Å². The van der Waals surface area contributed by atoms with E-state index < -0.39 is 5.69 Å². The van der Waals surface area contributed by atoms with Crippen LogP contribution in [0.5, 0.6) is 0 Å². The molecule has 1 aliphatic rings. The number of rotatable bonds is 5. The molecule has 2 aromatic rings. The summed E-state index contributed by atoms with van der Waals surface area (Å²) in [6, 6.07) is 0. The summed E-state index contributed by atoms with van der Waals surface area (Å²) in [6.07, 6.45) is 5.49. The third kappa shape index (κ3) is 3.29. The zero-order valence-corrected chi connectivity index (χ0v) is 14.7. The predicted octanol–water partition coefficient (Wildman–Crippen LogP) is -0.631. The molecule has 0 N–H and O–H groups in total. The summed E-state index contributed by atoms with van der Waals surface area (Å²) in [6.45, 7) is 2.35. The first-order valence-corrected chi connectivity index (χ1v) is 8.36. The Bertz CT molecular complexity index is 1020. The Morgan fingerprint density at radius 3 is 2.32 bits per heavy atom. The molecule has 0 aromatic carbocycles. The molecule has 3 rings (SSSR count). The van der Waals surface area contributed by atoms with Crippen LogP contribution in [0, 0.1) is 12.8 Å². The van der Waals surface area contributed by atoms with Gasteiger partial charge in [0.2, 0.25) is 0 Å². The van der Waals surface area contributed by atoms with Gasteiger partial charge < -0.3 is 4.57 Å². The molecule has 1 fully saturated rings. The quantitative estimate of drug-likeness (QED) is 0.721. The average Bonchev–Trinajstić information content (AvgIpc) is 3.39. The first kappa shape index (κ1) is 17.2. The Morgan fingerprint density at radius 1 is 1.00 bits per heavy atom. The van der Waals surface area contributed by atoms with Crippen molar-refractivity contribution >= 4 is 0 Å². The Morgan fingerprint density at radius 2 is 1.68 bits per heavy atom. The van der Waals surface area contributed by atoms with Crippen molar-refractivity contribution in [1.82, 2.24) is 18.3 Å². The molecule has 8 heteroatoms. The molecule has 0 atom stereocenters. The zero-order valence-electron chi connectivity index (χ0n) is 14.7. The lowest BCUT2D eigenvalue weighted by molar-refractivity contribution is 0.539. The van der Waals surface area contributed by atoms with Crippen LogP contribution in [-0.4, -0.2) is 18.3 Å². The molecular weight excluding hydrogens is 324 g/mol. The van der Waals surface area contributed by atoms with Crippen LogP contribution in [0.25, 0.3) is 0 Å². The molecule has 1 aliphatic carbocycles. The highest BCUT2D eigenvalue weighted by atomic mass is 16.2. The number of nitrogens with zero attached hydrogens (tertiary/aromatic N) is 4. The standard InChI is InChI=1S/C17H22N4O4/c1-11-8-18(2)16(24)21(14(11)22)7-6-13-10-20(9-12-4-5-12)17(25)19(3)15(13)23/h8,10,12H,4-7,9H2,1-3H3. The van der Waals surface area contributed by atoms with Crippen molar-refractivity contribution in [3.8, 4) is 0 Å². The van der Waals surface area contributed by atoms with Crippen molar-refractivity contribution in [3.63, 3.8) is 0 Å². The van der Waals surface area contributed by atoms with Crippen LogP contribution in [0.2, 0.25) is 0 Å². The summed E-state index contributed by atoms with van der Waals surface area (Å²) >= 11 is 0. The first-order chi connectivity index (χ1) is 11.8. The van der Waals surface area contributed by atoms with Crippen LogP contribution < -0.4 is 22.5 Å². The fraction of sp³-hybridized carbons (Fsp3) is 0.529. The first-order valence-electron chi connectivity index (χ1n) is 8.36. The van der Waals surface area contributed by atoms with Crippen LogP contribution in [0.3, 0.4) is 0 Å². The summed E-state index contributed by atoms with van der Waals surface area (Å²) in [4.78, 5) is 48.9. The monoisotopic (exact) mass is 346 g/mol. The second-order valence-electron chi connectivity index (χ2n) is 6.81. The third-order valence-electron chi connectivity index (χ3n) is 4.68. The highest BCUT2D eigenvalue weighted by molar-refractivity contribution is 5.08. The van der Waals surface area contributed by atoms with E-state index in [1.165, 1.54) is 17.8 Å². The molecular formula is C17H22N4O4. The maximum absolute atomic E-state index is 12.3. The van der Waals surface area contributed by atoms with Gasteiger partial charge in [-0.15, -0.1) is 0 Å². The number of aryl methyl sites for hydroxylation is 3. The van der Waals surface area contributed by atoms with E-state index in [0.717, 1.165) is 22.0 Å². The predicted molar refractivity (Wildman–Crippen MR) is 93.1 cm³/mol. The van der Waals surface area contributed by atoms with E-state index >= 15 is 0 Å². The lowest BCUT2D eigenvalue weighted by Crippen LogP contribution is -2.42. The summed E-state index contributed by atoms with van der Waals surface area (Å²) in [5.74, 6) is 0.495. The van der Waals surface area contributed by atoms with Crippen molar-refractivity contribution in [2.75, 3.05) is 0 Å². The van der Waals surface area contributed by atoms with E-state index in [1.807, 2.05) is 0 Å². The molecule has 0 radical (unpaired) electrons. The van der Waals surface area contributed by atoms with E-state index in [-0.39, 0.29) is 29.8 Å². The summed E-state index contributed by atoms with van der Waals surface area (Å²) < 4.78 is 5.13. The van der Waals surface area contributed by atoms with Crippen molar-refractivity contribution in [1.29, 1.82) is 0 Å². The van der Waals surface area contributed by atoms with Crippen molar-refractivity contribution in [2.45, 2.75) is 39.3 Å². The van der Waals surface area contributed by atoms with Crippen LogP contribution in [0.15, 0.2) is 31.6 Å². The molecule has 0 bridgehead atoms. The highest BCUT2D eigenvalue weighted by Crippen LogP contribution is 2.29. The molecule has 0 amide bonds. The van der Waals surface area contributed by atoms with Crippen molar-refractivity contribution < 1.29 is 0 Å². The number of hydrogen-bond acceptors (Lipinski definition) is 4. The minimum Gasteiger partial charge on any atom is -0.303 e. The van der Waals surface area contributed by atoms with E-state index in [2.05, 4.69) is 0 Å². The molecule has 2 heterocycles. The van der Waals surface area contributed by atoms with Gasteiger partial charge in [0.15, 0.2) is 0 Å². The van der Waals surface area contributed by atoms with E-state index in [4.69, 9.17) is 0 Å². The van der Waals surface area contributed by atoms with E-state index in [1.54, 1.807) is 24.7 Å². The molecule has 1 saturated carbocycles. The lowest BCUT2D eigenvalue weighted by Gasteiger charge is -2.11. The maximum Gasteiger partial charge on any atom is 0.330 e. The molecule has 2 aromatic heterocycles. The minimum absolute atomic E-state index is 0.101. The fourth-order valence-electron chi connectivity index (χ4n) is 2.99. The Balaban J connectivity index is 1.95. The van der Waals surface area contributed by atoms with Gasteiger partial charge in [0.25, 0.3) is 11.1 Å². The van der Waals surface area contributed by atoms with Gasteiger partial charge in [0, 0.05) is 50.7 Å². The van der Waals surface area contributed by atoms with Crippen LogP contribution in [0.1, 0.15) is 24.0 Å². The van der Waals surface area contributed by atoms with Crippen LogP contribution in [0.4, 0.5) is 0 Å². The molecule has 134 valence electrons. The van der Waals surface area contributed by atoms with Gasteiger partial charge in [0.1, 0.15) is 0 Å². The van der Waals surface area contributed by atoms with E-state index in [0.29, 0.717) is 23.6 Å². The average molecular weight is 346 g/mol. The summed E-state index contributed by atoms with van der Waals surface area (Å²) in [7, 11) is 3.04. The van der Waals surface area contributed by atoms with Crippen LogP contribution in [-0.2, 0) is 33.6 Å². The maximum atomic E-state index is 12.3. The van der Waals surface area contributed by atoms with Crippen molar-refractivity contribution in [2.24, 2.45) is 20.0 Å². The zero-order chi connectivity index (χ0) is 18.3. The SMILES string of the molecule is Cc1cn(C)c(=O)n(CCc2cn(CC3CC3)c(=O)n(C)c2=O)c1=O. The number of hydrogen-bond donors (Lipinski definition) is 0. The summed E-state index contributed by atoms with van der Waals surface area (Å²) in [5.41, 5.74) is -0.587. The molecule has 0 saturated heterocycles. The van der Waals surface area contributed by atoms with Gasteiger partial charge in [-0.05, 0) is 32.1 Å². The molecule has 0 spiro atoms. The van der Waals surface area contributed by atoms with Gasteiger partial charge in [-0.1, -0.05) is 0 Å². The highest BCUT2D eigenvalue weighted by Gasteiger charge is 2.23. The largest absolute Gasteiger partial charge is 0.330 e. The normalized spacial score (nSPS) is 14.0. The smallest absolute Gasteiger partial charge is 0.303 e.